The zero-order chi connectivity index (χ0) is 26.8. The van der Waals surface area contributed by atoms with Gasteiger partial charge in [-0.1, -0.05) is 67.9 Å². The smallest absolute Gasteiger partial charge is 0.163 e. The lowest BCUT2D eigenvalue weighted by Gasteiger charge is -2.27. The molecule has 4 aromatic rings. The van der Waals surface area contributed by atoms with Crippen molar-refractivity contribution in [2.75, 3.05) is 11.9 Å². The number of Topliss-reactive ketones (excluding diaryl/α,β-unsaturated/α-hetero) is 1. The van der Waals surface area contributed by atoms with Crippen LogP contribution in [0.1, 0.15) is 55.5 Å². The van der Waals surface area contributed by atoms with E-state index in [2.05, 4.69) is 97.9 Å². The van der Waals surface area contributed by atoms with Crippen molar-refractivity contribution in [2.45, 2.75) is 50.8 Å². The Morgan fingerprint density at radius 1 is 0.737 bits per heavy atom. The molecule has 0 aliphatic rings. The number of ketones is 1. The second-order valence-electron chi connectivity index (χ2n) is 9.69. The third-order valence-electron chi connectivity index (χ3n) is 7.11. The lowest BCUT2D eigenvalue weighted by Crippen LogP contribution is -2.33. The molecule has 0 amide bonds. The highest BCUT2D eigenvalue weighted by atomic mass is 32.2. The van der Waals surface area contributed by atoms with Crippen molar-refractivity contribution >= 4 is 40.7 Å². The highest BCUT2D eigenvalue weighted by Gasteiger charge is 2.44. The molecule has 0 aliphatic heterocycles. The number of hydrogen-bond donors (Lipinski definition) is 1. The van der Waals surface area contributed by atoms with E-state index in [0.717, 1.165) is 54.5 Å². The monoisotopic (exact) mass is 541 g/mol. The van der Waals surface area contributed by atoms with Crippen molar-refractivity contribution in [3.05, 3.63) is 114 Å². The average molecular weight is 542 g/mol. The first kappa shape index (κ1) is 28.1. The van der Waals surface area contributed by atoms with Crippen LogP contribution in [0.15, 0.2) is 108 Å². The van der Waals surface area contributed by atoms with Gasteiger partial charge in [-0.3, -0.25) is 4.79 Å². The van der Waals surface area contributed by atoms with E-state index in [1.54, 1.807) is 17.8 Å². The van der Waals surface area contributed by atoms with Gasteiger partial charge in [0.2, 0.25) is 0 Å². The standard InChI is InChI=1S/C34H37O2PS/c1-3-16-32-33(24-23-31(27(2)35)34(32)36)38-26-15-7-14-25-37(28-17-8-4-9-18-28,29-19-10-5-11-20-29)30-21-12-6-13-22-30/h4-6,8-13,17-24H,3,7,14-16,25-26H2,1-2H3/p+1. The fraction of sp³-hybridized carbons (Fsp3) is 0.265. The van der Waals surface area contributed by atoms with E-state index in [4.69, 9.17) is 0 Å². The quantitative estimate of drug-likeness (QED) is 0.0812. The molecule has 0 heterocycles. The molecule has 0 aliphatic carbocycles. The van der Waals surface area contributed by atoms with Crippen LogP contribution in [-0.4, -0.2) is 22.8 Å². The van der Waals surface area contributed by atoms with Crippen molar-refractivity contribution < 1.29 is 9.90 Å². The fourth-order valence-electron chi connectivity index (χ4n) is 5.22. The van der Waals surface area contributed by atoms with Gasteiger partial charge in [-0.25, -0.2) is 0 Å². The first-order chi connectivity index (χ1) is 18.6. The minimum absolute atomic E-state index is 0.0848. The second-order valence-corrected chi connectivity index (χ2v) is 14.4. The summed E-state index contributed by atoms with van der Waals surface area (Å²) in [5, 5.41) is 15.0. The summed E-state index contributed by atoms with van der Waals surface area (Å²) < 4.78 is 0. The molecule has 0 saturated heterocycles. The van der Waals surface area contributed by atoms with Crippen LogP contribution in [0.3, 0.4) is 0 Å². The molecule has 0 radical (unpaired) electrons. The maximum atomic E-state index is 11.9. The number of carbonyl (C=O) groups is 1. The van der Waals surface area contributed by atoms with E-state index in [0.29, 0.717) is 5.56 Å². The summed E-state index contributed by atoms with van der Waals surface area (Å²) in [7, 11) is -1.77. The van der Waals surface area contributed by atoms with Crippen LogP contribution >= 0.6 is 19.0 Å². The molecule has 0 bridgehead atoms. The third-order valence-corrected chi connectivity index (χ3v) is 12.8. The number of hydrogen-bond acceptors (Lipinski definition) is 3. The Hall–Kier alpha value is -2.87. The molecular weight excluding hydrogens is 503 g/mol. The van der Waals surface area contributed by atoms with Gasteiger partial charge >= 0.3 is 0 Å². The van der Waals surface area contributed by atoms with Gasteiger partial charge in [0.1, 0.15) is 28.9 Å². The van der Waals surface area contributed by atoms with Crippen molar-refractivity contribution in [3.63, 3.8) is 0 Å². The number of phenolic OH excluding ortho intramolecular Hbond substituents is 1. The summed E-state index contributed by atoms with van der Waals surface area (Å²) in [4.78, 5) is 13.0. The molecule has 0 spiro atoms. The fourth-order valence-corrected chi connectivity index (χ4v) is 10.7. The molecule has 0 unspecified atom stereocenters. The number of rotatable bonds is 13. The number of phenols is 1. The highest BCUT2D eigenvalue weighted by molar-refractivity contribution is 7.99. The summed E-state index contributed by atoms with van der Waals surface area (Å²) >= 11 is 1.81. The summed E-state index contributed by atoms with van der Waals surface area (Å²) in [6, 6.07) is 37.1. The summed E-state index contributed by atoms with van der Waals surface area (Å²) in [5.41, 5.74) is 1.35. The summed E-state index contributed by atoms with van der Waals surface area (Å²) in [6.07, 6.45) is 6.29. The lowest BCUT2D eigenvalue weighted by molar-refractivity contribution is 0.101. The molecule has 1 N–H and O–H groups in total. The SMILES string of the molecule is CCCc1c(SCCCCC[P+](c2ccccc2)(c2ccccc2)c2ccccc2)ccc(C(C)=O)c1O. The van der Waals surface area contributed by atoms with Gasteiger partial charge < -0.3 is 5.11 Å². The van der Waals surface area contributed by atoms with Gasteiger partial charge in [0.05, 0.1) is 11.7 Å². The van der Waals surface area contributed by atoms with Crippen molar-refractivity contribution in [1.82, 2.24) is 0 Å². The van der Waals surface area contributed by atoms with E-state index < -0.39 is 7.26 Å². The predicted molar refractivity (Wildman–Crippen MR) is 167 cm³/mol. The van der Waals surface area contributed by atoms with Crippen LogP contribution in [-0.2, 0) is 6.42 Å². The van der Waals surface area contributed by atoms with Crippen LogP contribution in [0, 0.1) is 0 Å². The molecule has 2 nitrogen and oxygen atoms in total. The highest BCUT2D eigenvalue weighted by Crippen LogP contribution is 2.56. The molecular formula is C34H38O2PS+. The Bertz CT molecular complexity index is 1210. The molecule has 4 rings (SSSR count). The molecule has 0 atom stereocenters. The lowest BCUT2D eigenvalue weighted by atomic mass is 10.0. The van der Waals surface area contributed by atoms with Gasteiger partial charge in [0.15, 0.2) is 5.78 Å². The summed E-state index contributed by atoms with van der Waals surface area (Å²) in [5.74, 6) is 1.09. The molecule has 0 fully saturated rings. The third kappa shape index (κ3) is 6.40. The zero-order valence-electron chi connectivity index (χ0n) is 22.5. The predicted octanol–water partition coefficient (Wildman–Crippen LogP) is 7.80. The van der Waals surface area contributed by atoms with E-state index in [1.807, 2.05) is 6.07 Å². The van der Waals surface area contributed by atoms with Crippen LogP contribution in [0.25, 0.3) is 0 Å². The Morgan fingerprint density at radius 2 is 1.26 bits per heavy atom. The minimum atomic E-state index is -1.77. The Kier molecular flexibility index (Phi) is 10.2. The topological polar surface area (TPSA) is 37.3 Å². The Balaban J connectivity index is 1.49. The van der Waals surface area contributed by atoms with Gasteiger partial charge in [0, 0.05) is 10.5 Å². The minimum Gasteiger partial charge on any atom is -0.507 e. The Labute approximate surface area is 232 Å². The first-order valence-electron chi connectivity index (χ1n) is 13.6. The van der Waals surface area contributed by atoms with E-state index in [1.165, 1.54) is 22.8 Å². The molecule has 4 aromatic carbocycles. The van der Waals surface area contributed by atoms with Gasteiger partial charge in [-0.15, -0.1) is 11.8 Å². The molecule has 38 heavy (non-hydrogen) atoms. The van der Waals surface area contributed by atoms with Crippen LogP contribution < -0.4 is 15.9 Å². The van der Waals surface area contributed by atoms with Crippen molar-refractivity contribution in [1.29, 1.82) is 0 Å². The van der Waals surface area contributed by atoms with Gasteiger partial charge in [-0.2, -0.15) is 0 Å². The maximum absolute atomic E-state index is 11.9. The number of benzene rings is 4. The van der Waals surface area contributed by atoms with Crippen LogP contribution in [0.2, 0.25) is 0 Å². The van der Waals surface area contributed by atoms with Crippen LogP contribution in [0.4, 0.5) is 0 Å². The normalized spacial score (nSPS) is 11.4. The average Bonchev–Trinajstić information content (AvgIpc) is 2.96. The molecule has 196 valence electrons. The number of carbonyl (C=O) groups excluding carboxylic acids is 1. The largest absolute Gasteiger partial charge is 0.507 e. The number of aromatic hydroxyl groups is 1. The molecule has 4 heteroatoms. The van der Waals surface area contributed by atoms with E-state index >= 15 is 0 Å². The van der Waals surface area contributed by atoms with Gasteiger partial charge in [-0.05, 0) is 86.9 Å². The van der Waals surface area contributed by atoms with E-state index in [-0.39, 0.29) is 11.5 Å². The number of thioether (sulfide) groups is 1. The van der Waals surface area contributed by atoms with Crippen molar-refractivity contribution in [3.8, 4) is 5.75 Å². The Morgan fingerprint density at radius 3 is 1.74 bits per heavy atom. The van der Waals surface area contributed by atoms with Crippen LogP contribution in [0.5, 0.6) is 5.75 Å². The number of unbranched alkanes of at least 4 members (excludes halogenated alkanes) is 2. The van der Waals surface area contributed by atoms with Gasteiger partial charge in [0.25, 0.3) is 0 Å². The maximum Gasteiger partial charge on any atom is 0.163 e. The zero-order valence-corrected chi connectivity index (χ0v) is 24.2. The van der Waals surface area contributed by atoms with Crippen molar-refractivity contribution in [2.24, 2.45) is 0 Å². The molecule has 0 aromatic heterocycles. The van der Waals surface area contributed by atoms with E-state index in [9.17, 15) is 9.90 Å². The second kappa shape index (κ2) is 13.8. The molecule has 0 saturated carbocycles. The summed E-state index contributed by atoms with van der Waals surface area (Å²) in [6.45, 7) is 3.62. The first-order valence-corrected chi connectivity index (χ1v) is 16.6.